The number of carbonyl (C=O) groups is 1. The predicted molar refractivity (Wildman–Crippen MR) is 73.6 cm³/mol. The predicted octanol–water partition coefficient (Wildman–Crippen LogP) is 2.83. The normalized spacial score (nSPS) is 16.5. The fraction of sp³-hybridized carbons (Fsp3) is 0.600. The third-order valence-electron chi connectivity index (χ3n) is 4.08. The Labute approximate surface area is 113 Å². The zero-order chi connectivity index (χ0) is 13.8. The number of hydrogen-bond acceptors (Lipinski definition) is 2. The van der Waals surface area contributed by atoms with Crippen LogP contribution in [0, 0.1) is 12.8 Å². The van der Waals surface area contributed by atoms with E-state index in [1.54, 1.807) is 0 Å². The summed E-state index contributed by atoms with van der Waals surface area (Å²) in [6.45, 7) is 2.66. The van der Waals surface area contributed by atoms with Crippen LogP contribution in [0.25, 0.3) is 0 Å². The summed E-state index contributed by atoms with van der Waals surface area (Å²) in [6.07, 6.45) is 9.10. The molecule has 1 aromatic heterocycles. The van der Waals surface area contributed by atoms with Crippen LogP contribution >= 0.6 is 0 Å². The molecule has 1 aliphatic rings. The minimum atomic E-state index is -1.14. The average Bonchev–Trinajstić information content (AvgIpc) is 2.38. The summed E-state index contributed by atoms with van der Waals surface area (Å²) in [5.74, 6) is -0.391. The molecule has 0 atom stereocenters. The molecule has 0 amide bonds. The third-order valence-corrected chi connectivity index (χ3v) is 4.08. The first-order chi connectivity index (χ1) is 9.08. The van der Waals surface area contributed by atoms with Gasteiger partial charge >= 0.3 is 5.97 Å². The average molecular weight is 263 g/mol. The Kier molecular flexibility index (Phi) is 4.40. The Morgan fingerprint density at radius 1 is 1.37 bits per heavy atom. The number of aromatic carboxylic acids is 1. The molecule has 19 heavy (non-hydrogen) atoms. The molecule has 0 bridgehead atoms. The van der Waals surface area contributed by atoms with Crippen LogP contribution in [0.2, 0.25) is 0 Å². The van der Waals surface area contributed by atoms with Crippen LogP contribution in [0.3, 0.4) is 0 Å². The van der Waals surface area contributed by atoms with Crippen LogP contribution in [0.15, 0.2) is 17.1 Å². The van der Waals surface area contributed by atoms with Crippen molar-refractivity contribution in [1.29, 1.82) is 0 Å². The topological polar surface area (TPSA) is 59.3 Å². The van der Waals surface area contributed by atoms with E-state index >= 15 is 0 Å². The van der Waals surface area contributed by atoms with Gasteiger partial charge in [0.15, 0.2) is 5.43 Å². The standard InChI is InChI=1S/C15H21NO3/c1-11-9-14(17)13(15(18)19)10-16(11)8-7-12-5-3-2-4-6-12/h9-10,12H,2-8H2,1H3,(H,18,19). The van der Waals surface area contributed by atoms with Crippen LogP contribution < -0.4 is 5.43 Å². The van der Waals surface area contributed by atoms with Gasteiger partial charge in [0, 0.05) is 24.5 Å². The number of carboxylic acid groups (broad SMARTS) is 1. The first-order valence-corrected chi connectivity index (χ1v) is 7.02. The smallest absolute Gasteiger partial charge is 0.341 e. The zero-order valence-corrected chi connectivity index (χ0v) is 11.4. The summed E-state index contributed by atoms with van der Waals surface area (Å²) in [5, 5.41) is 8.98. The van der Waals surface area contributed by atoms with E-state index < -0.39 is 11.4 Å². The molecule has 1 saturated carbocycles. The van der Waals surface area contributed by atoms with Gasteiger partial charge in [-0.1, -0.05) is 32.1 Å². The molecule has 0 saturated heterocycles. The van der Waals surface area contributed by atoms with E-state index in [9.17, 15) is 9.59 Å². The summed E-state index contributed by atoms with van der Waals surface area (Å²) in [4.78, 5) is 22.5. The van der Waals surface area contributed by atoms with E-state index in [0.717, 1.165) is 24.6 Å². The highest BCUT2D eigenvalue weighted by molar-refractivity contribution is 5.87. The van der Waals surface area contributed by atoms with Gasteiger partial charge in [-0.3, -0.25) is 4.79 Å². The first-order valence-electron chi connectivity index (χ1n) is 7.02. The van der Waals surface area contributed by atoms with Crippen molar-refractivity contribution in [3.05, 3.63) is 33.7 Å². The second kappa shape index (κ2) is 6.04. The van der Waals surface area contributed by atoms with Crippen LogP contribution in [-0.2, 0) is 6.54 Å². The molecule has 0 aromatic carbocycles. The molecule has 4 nitrogen and oxygen atoms in total. The number of nitrogens with zero attached hydrogens (tertiary/aromatic N) is 1. The van der Waals surface area contributed by atoms with Crippen LogP contribution in [0.1, 0.15) is 54.6 Å². The zero-order valence-electron chi connectivity index (χ0n) is 11.4. The number of aryl methyl sites for hydroxylation is 2. The summed E-state index contributed by atoms with van der Waals surface area (Å²) in [5.41, 5.74) is 0.305. The highest BCUT2D eigenvalue weighted by Crippen LogP contribution is 2.26. The SMILES string of the molecule is Cc1cc(=O)c(C(=O)O)cn1CCC1CCCCC1. The van der Waals surface area contributed by atoms with Gasteiger partial charge in [-0.2, -0.15) is 0 Å². The largest absolute Gasteiger partial charge is 0.477 e. The van der Waals surface area contributed by atoms with Crippen LogP contribution in [0.4, 0.5) is 0 Å². The van der Waals surface area contributed by atoms with E-state index in [1.165, 1.54) is 44.4 Å². The van der Waals surface area contributed by atoms with Crippen molar-refractivity contribution < 1.29 is 9.90 Å². The minimum absolute atomic E-state index is 0.130. The highest BCUT2D eigenvalue weighted by atomic mass is 16.4. The van der Waals surface area contributed by atoms with Gasteiger partial charge < -0.3 is 9.67 Å². The van der Waals surface area contributed by atoms with Gasteiger partial charge in [0.05, 0.1) is 0 Å². The first kappa shape index (κ1) is 13.8. The van der Waals surface area contributed by atoms with E-state index in [4.69, 9.17) is 5.11 Å². The fourth-order valence-corrected chi connectivity index (χ4v) is 2.87. The molecule has 104 valence electrons. The molecule has 1 fully saturated rings. The molecular weight excluding hydrogens is 242 g/mol. The Hall–Kier alpha value is -1.58. The lowest BCUT2D eigenvalue weighted by molar-refractivity contribution is 0.0694. The highest BCUT2D eigenvalue weighted by Gasteiger charge is 2.15. The van der Waals surface area contributed by atoms with E-state index in [0.29, 0.717) is 0 Å². The van der Waals surface area contributed by atoms with Gasteiger partial charge in [0.1, 0.15) is 5.56 Å². The van der Waals surface area contributed by atoms with Crippen molar-refractivity contribution in [1.82, 2.24) is 4.57 Å². The molecule has 0 aliphatic heterocycles. The Morgan fingerprint density at radius 3 is 2.68 bits per heavy atom. The molecule has 1 aliphatic carbocycles. The number of pyridine rings is 1. The van der Waals surface area contributed by atoms with E-state index in [1.807, 2.05) is 11.5 Å². The lowest BCUT2D eigenvalue weighted by Gasteiger charge is -2.22. The second-order valence-corrected chi connectivity index (χ2v) is 5.48. The van der Waals surface area contributed by atoms with Crippen molar-refractivity contribution in [2.24, 2.45) is 5.92 Å². The number of aromatic nitrogens is 1. The van der Waals surface area contributed by atoms with E-state index in [-0.39, 0.29) is 5.56 Å². The second-order valence-electron chi connectivity index (χ2n) is 5.48. The van der Waals surface area contributed by atoms with Gasteiger partial charge in [-0.15, -0.1) is 0 Å². The maximum Gasteiger partial charge on any atom is 0.341 e. The van der Waals surface area contributed by atoms with Crippen molar-refractivity contribution in [3.63, 3.8) is 0 Å². The molecule has 1 heterocycles. The quantitative estimate of drug-likeness (QED) is 0.908. The Morgan fingerprint density at radius 2 is 2.05 bits per heavy atom. The van der Waals surface area contributed by atoms with Gasteiger partial charge in [-0.25, -0.2) is 4.79 Å². The van der Waals surface area contributed by atoms with E-state index in [2.05, 4.69) is 0 Å². The molecule has 0 unspecified atom stereocenters. The molecule has 2 rings (SSSR count). The third kappa shape index (κ3) is 3.46. The molecule has 0 radical (unpaired) electrons. The van der Waals surface area contributed by atoms with Gasteiger partial charge in [-0.05, 0) is 19.3 Å². The van der Waals surface area contributed by atoms with Crippen molar-refractivity contribution in [2.75, 3.05) is 0 Å². The van der Waals surface area contributed by atoms with Crippen LogP contribution in [0.5, 0.6) is 0 Å². The maximum atomic E-state index is 11.5. The van der Waals surface area contributed by atoms with Crippen LogP contribution in [-0.4, -0.2) is 15.6 Å². The monoisotopic (exact) mass is 263 g/mol. The summed E-state index contributed by atoms with van der Waals surface area (Å²) in [6, 6.07) is 1.42. The van der Waals surface area contributed by atoms with Gasteiger partial charge in [0.25, 0.3) is 0 Å². The summed E-state index contributed by atoms with van der Waals surface area (Å²) < 4.78 is 1.90. The molecule has 0 spiro atoms. The number of carboxylic acids is 1. The molecule has 4 heteroatoms. The minimum Gasteiger partial charge on any atom is -0.477 e. The van der Waals surface area contributed by atoms with Gasteiger partial charge in [0.2, 0.25) is 0 Å². The summed E-state index contributed by atoms with van der Waals surface area (Å²) in [7, 11) is 0. The van der Waals surface area contributed by atoms with Crippen molar-refractivity contribution in [3.8, 4) is 0 Å². The molecule has 1 N–H and O–H groups in total. The fourth-order valence-electron chi connectivity index (χ4n) is 2.87. The molecular formula is C15H21NO3. The lowest BCUT2D eigenvalue weighted by Crippen LogP contribution is -2.20. The Bertz CT molecular complexity index is 513. The lowest BCUT2D eigenvalue weighted by atomic mass is 9.87. The number of rotatable bonds is 4. The molecule has 1 aromatic rings. The van der Waals surface area contributed by atoms with Crippen molar-refractivity contribution >= 4 is 5.97 Å². The van der Waals surface area contributed by atoms with Crippen molar-refractivity contribution in [2.45, 2.75) is 52.0 Å². The number of hydrogen-bond donors (Lipinski definition) is 1. The maximum absolute atomic E-state index is 11.5. The summed E-state index contributed by atoms with van der Waals surface area (Å²) >= 11 is 0. The Balaban J connectivity index is 2.08.